The molecule has 1 atom stereocenters. The maximum Gasteiger partial charge on any atom is 0.475 e. The van der Waals surface area contributed by atoms with Crippen LogP contribution in [0.15, 0.2) is 32.0 Å². The van der Waals surface area contributed by atoms with Crippen molar-refractivity contribution in [2.75, 3.05) is 0 Å². The molecular weight excluding hydrogens is 349 g/mol. The van der Waals surface area contributed by atoms with Crippen LogP contribution in [0.3, 0.4) is 0 Å². The second-order valence-electron chi connectivity index (χ2n) is 2.32. The van der Waals surface area contributed by atoms with Crippen LogP contribution < -0.4 is 0 Å². The summed E-state index contributed by atoms with van der Waals surface area (Å²) in [6, 6.07) is 3.92. The van der Waals surface area contributed by atoms with E-state index in [0.717, 1.165) is 0 Å². The molecule has 0 fully saturated rings. The molecule has 0 aliphatic carbocycles. The van der Waals surface area contributed by atoms with E-state index in [1.165, 1.54) is 12.1 Å². The third-order valence-electron chi connectivity index (χ3n) is 1.26. The minimum atomic E-state index is -4.72. The number of hydrogen-bond donors (Lipinski definition) is 0. The first-order chi connectivity index (χ1) is 6.30. The van der Waals surface area contributed by atoms with Crippen molar-refractivity contribution in [2.45, 2.75) is 10.4 Å². The van der Waals surface area contributed by atoms with E-state index >= 15 is 0 Å². The van der Waals surface area contributed by atoms with Crippen molar-refractivity contribution in [3.8, 4) is 0 Å². The number of alkyl halides is 3. The molecule has 7 heteroatoms. The summed E-state index contributed by atoms with van der Waals surface area (Å²) in [6.45, 7) is 0. The van der Waals surface area contributed by atoms with Gasteiger partial charge in [0.2, 0.25) is 0 Å². The summed E-state index contributed by atoms with van der Waals surface area (Å²) in [5.41, 5.74) is -4.72. The fourth-order valence-electron chi connectivity index (χ4n) is 0.769. The van der Waals surface area contributed by atoms with Crippen molar-refractivity contribution < 1.29 is 17.4 Å². The molecule has 1 aromatic carbocycles. The first-order valence-electron chi connectivity index (χ1n) is 3.25. The number of hydrogen-bond acceptors (Lipinski definition) is 1. The molecule has 0 bridgehead atoms. The Hall–Kier alpha value is 0.120. The maximum atomic E-state index is 12.1. The Bertz CT molecular complexity index is 357. The largest absolute Gasteiger partial charge is 0.475 e. The van der Waals surface area contributed by atoms with Crippen molar-refractivity contribution in [2.24, 2.45) is 0 Å². The molecule has 1 rings (SSSR count). The smallest absolute Gasteiger partial charge is 0.245 e. The maximum absolute atomic E-state index is 12.1. The minimum Gasteiger partial charge on any atom is -0.245 e. The lowest BCUT2D eigenvalue weighted by atomic mass is 10.4. The van der Waals surface area contributed by atoms with Crippen molar-refractivity contribution in [3.63, 3.8) is 0 Å². The van der Waals surface area contributed by atoms with Crippen molar-refractivity contribution in [1.82, 2.24) is 0 Å². The molecule has 0 amide bonds. The molecule has 0 saturated carbocycles. The Morgan fingerprint density at radius 3 is 1.86 bits per heavy atom. The zero-order chi connectivity index (χ0) is 10.9. The fourth-order valence-corrected chi connectivity index (χ4v) is 3.10. The summed E-state index contributed by atoms with van der Waals surface area (Å²) in [7, 11) is -2.98. The molecule has 0 spiro atoms. The second-order valence-corrected chi connectivity index (χ2v) is 5.62. The average Bonchev–Trinajstić information content (AvgIpc) is 1.99. The molecule has 0 N–H and O–H groups in total. The summed E-state index contributed by atoms with van der Waals surface area (Å²) in [5, 5.41) is 0. The van der Waals surface area contributed by atoms with E-state index < -0.39 is 16.3 Å². The molecule has 0 heterocycles. The predicted molar refractivity (Wildman–Crippen MR) is 54.3 cm³/mol. The Labute approximate surface area is 97.4 Å². The van der Waals surface area contributed by atoms with E-state index in [1.54, 1.807) is 6.07 Å². The molecular formula is C7H3Br2F3OS. The van der Waals surface area contributed by atoms with Crippen LogP contribution in [0.5, 0.6) is 0 Å². The lowest BCUT2D eigenvalue weighted by molar-refractivity contribution is -0.0384. The van der Waals surface area contributed by atoms with Gasteiger partial charge in [-0.25, -0.2) is 4.21 Å². The molecule has 0 aliphatic rings. The van der Waals surface area contributed by atoms with Crippen LogP contribution in [0, 0.1) is 0 Å². The lowest BCUT2D eigenvalue weighted by Gasteiger charge is -2.06. The second kappa shape index (κ2) is 4.32. The van der Waals surface area contributed by atoms with Gasteiger partial charge in [0, 0.05) is 8.95 Å². The van der Waals surface area contributed by atoms with Gasteiger partial charge in [0.15, 0.2) is 10.8 Å². The van der Waals surface area contributed by atoms with Crippen molar-refractivity contribution in [1.29, 1.82) is 0 Å². The molecule has 0 aromatic heterocycles. The van der Waals surface area contributed by atoms with E-state index in [9.17, 15) is 17.4 Å². The predicted octanol–water partition coefficient (Wildman–Crippen LogP) is 3.84. The number of rotatable bonds is 1. The van der Waals surface area contributed by atoms with Crippen LogP contribution in [0.2, 0.25) is 0 Å². The topological polar surface area (TPSA) is 17.1 Å². The summed E-state index contributed by atoms with van der Waals surface area (Å²) < 4.78 is 48.0. The van der Waals surface area contributed by atoms with E-state index in [1.807, 2.05) is 0 Å². The Kier molecular flexibility index (Phi) is 3.76. The van der Waals surface area contributed by atoms with Gasteiger partial charge in [0.25, 0.3) is 0 Å². The SMILES string of the molecule is O=S(c1cc(Br)cc(Br)c1)C(F)(F)F. The summed E-state index contributed by atoms with van der Waals surface area (Å²) in [4.78, 5) is -0.279. The molecule has 0 aliphatic heterocycles. The van der Waals surface area contributed by atoms with E-state index in [4.69, 9.17) is 0 Å². The van der Waals surface area contributed by atoms with Crippen LogP contribution in [0.1, 0.15) is 0 Å². The molecule has 0 saturated heterocycles. The highest BCUT2D eigenvalue weighted by molar-refractivity contribution is 9.11. The zero-order valence-corrected chi connectivity index (χ0v) is 10.4. The molecule has 14 heavy (non-hydrogen) atoms. The lowest BCUT2D eigenvalue weighted by Crippen LogP contribution is -2.16. The van der Waals surface area contributed by atoms with Gasteiger partial charge in [0.05, 0.1) is 4.90 Å². The van der Waals surface area contributed by atoms with E-state index in [-0.39, 0.29) is 4.90 Å². The van der Waals surface area contributed by atoms with Gasteiger partial charge >= 0.3 is 5.51 Å². The minimum absolute atomic E-state index is 0.279. The van der Waals surface area contributed by atoms with Gasteiger partial charge < -0.3 is 0 Å². The van der Waals surface area contributed by atoms with Crippen LogP contribution in [0.4, 0.5) is 13.2 Å². The highest BCUT2D eigenvalue weighted by Gasteiger charge is 2.38. The van der Waals surface area contributed by atoms with Gasteiger partial charge in [-0.3, -0.25) is 0 Å². The van der Waals surface area contributed by atoms with Crippen molar-refractivity contribution in [3.05, 3.63) is 27.1 Å². The third-order valence-corrected chi connectivity index (χ3v) is 3.26. The first-order valence-corrected chi connectivity index (χ1v) is 5.99. The Morgan fingerprint density at radius 1 is 1.07 bits per heavy atom. The van der Waals surface area contributed by atoms with Gasteiger partial charge in [-0.1, -0.05) is 31.9 Å². The third kappa shape index (κ3) is 3.06. The molecule has 1 nitrogen and oxygen atoms in total. The summed E-state index contributed by atoms with van der Waals surface area (Å²) >= 11 is 6.03. The Balaban J connectivity index is 3.14. The summed E-state index contributed by atoms with van der Waals surface area (Å²) in [5.74, 6) is 0. The number of halogens is 5. The summed E-state index contributed by atoms with van der Waals surface area (Å²) in [6.07, 6.45) is 0. The van der Waals surface area contributed by atoms with Crippen LogP contribution in [-0.4, -0.2) is 9.72 Å². The number of benzene rings is 1. The van der Waals surface area contributed by atoms with Gasteiger partial charge in [0.1, 0.15) is 0 Å². The zero-order valence-electron chi connectivity index (χ0n) is 6.44. The van der Waals surface area contributed by atoms with Gasteiger partial charge in [-0.05, 0) is 18.2 Å². The average molecular weight is 352 g/mol. The standard InChI is InChI=1S/C7H3Br2F3OS/c8-4-1-5(9)3-6(2-4)14(13)7(10,11)12/h1-3H. The van der Waals surface area contributed by atoms with E-state index in [0.29, 0.717) is 8.95 Å². The Morgan fingerprint density at radius 2 is 1.50 bits per heavy atom. The van der Waals surface area contributed by atoms with Crippen molar-refractivity contribution >= 4 is 42.7 Å². The van der Waals surface area contributed by atoms with Gasteiger partial charge in [-0.15, -0.1) is 0 Å². The highest BCUT2D eigenvalue weighted by atomic mass is 79.9. The quantitative estimate of drug-likeness (QED) is 0.751. The normalized spacial score (nSPS) is 14.1. The van der Waals surface area contributed by atoms with Crippen LogP contribution in [0.25, 0.3) is 0 Å². The molecule has 1 aromatic rings. The van der Waals surface area contributed by atoms with Gasteiger partial charge in [-0.2, -0.15) is 13.2 Å². The highest BCUT2D eigenvalue weighted by Crippen LogP contribution is 2.30. The van der Waals surface area contributed by atoms with Crippen LogP contribution in [-0.2, 0) is 10.8 Å². The van der Waals surface area contributed by atoms with Crippen LogP contribution >= 0.6 is 31.9 Å². The first kappa shape index (κ1) is 12.2. The molecule has 78 valence electrons. The van der Waals surface area contributed by atoms with E-state index in [2.05, 4.69) is 31.9 Å². The molecule has 1 unspecified atom stereocenters. The monoisotopic (exact) mass is 350 g/mol. The molecule has 0 radical (unpaired) electrons. The fraction of sp³-hybridized carbons (Fsp3) is 0.143.